The van der Waals surface area contributed by atoms with Crippen LogP contribution in [0, 0.1) is 0 Å². The lowest BCUT2D eigenvalue weighted by Gasteiger charge is -2.04. The van der Waals surface area contributed by atoms with Crippen LogP contribution in [0.3, 0.4) is 0 Å². The van der Waals surface area contributed by atoms with Crippen molar-refractivity contribution in [2.45, 2.75) is 25.7 Å². The van der Waals surface area contributed by atoms with Crippen LogP contribution in [-0.4, -0.2) is 31.8 Å². The predicted molar refractivity (Wildman–Crippen MR) is 65.6 cm³/mol. The molecule has 90 valence electrons. The molecule has 0 aliphatic heterocycles. The summed E-state index contributed by atoms with van der Waals surface area (Å²) in [6, 6.07) is 5.30. The molecule has 6 heteroatoms. The van der Waals surface area contributed by atoms with Gasteiger partial charge in [0.05, 0.1) is 11.8 Å². The Bertz CT molecular complexity index is 498. The van der Waals surface area contributed by atoms with Gasteiger partial charge in [-0.2, -0.15) is 0 Å². The summed E-state index contributed by atoms with van der Waals surface area (Å²) in [7, 11) is -1.22. The lowest BCUT2D eigenvalue weighted by atomic mass is 9.84. The molecule has 0 saturated carbocycles. The molecule has 1 aromatic heterocycles. The maximum Gasteiger partial charge on any atom is 0.451 e. The Labute approximate surface area is 99.5 Å². The van der Waals surface area contributed by atoms with Crippen LogP contribution in [0.4, 0.5) is 0 Å². The number of aromatic hydroxyl groups is 1. The number of phenolic OH excluding ortho intramolecular Hbond substituents is 1. The van der Waals surface area contributed by atoms with Crippen LogP contribution in [0.1, 0.15) is 12.8 Å². The minimum atomic E-state index is -1.22. The average Bonchev–Trinajstić information content (AvgIpc) is 2.69. The van der Waals surface area contributed by atoms with E-state index in [1.165, 1.54) is 0 Å². The van der Waals surface area contributed by atoms with Crippen molar-refractivity contribution >= 4 is 18.2 Å². The van der Waals surface area contributed by atoms with E-state index >= 15 is 0 Å². The van der Waals surface area contributed by atoms with Crippen molar-refractivity contribution in [1.29, 1.82) is 0 Å². The molecule has 3 N–H and O–H groups in total. The Balaban J connectivity index is 2.02. The van der Waals surface area contributed by atoms with Gasteiger partial charge in [0.25, 0.3) is 0 Å². The fourth-order valence-electron chi connectivity index (χ4n) is 1.86. The smallest absolute Gasteiger partial charge is 0.451 e. The third-order valence-electron chi connectivity index (χ3n) is 2.74. The maximum atomic E-state index is 9.59. The van der Waals surface area contributed by atoms with E-state index in [1.54, 1.807) is 18.5 Å². The minimum absolute atomic E-state index is 0.187. The van der Waals surface area contributed by atoms with E-state index in [-0.39, 0.29) is 5.75 Å². The molecule has 5 nitrogen and oxygen atoms in total. The van der Waals surface area contributed by atoms with E-state index in [1.807, 2.05) is 10.6 Å². The van der Waals surface area contributed by atoms with Crippen molar-refractivity contribution in [3.8, 4) is 5.75 Å². The monoisotopic (exact) mass is 234 g/mol. The Kier molecular flexibility index (Phi) is 3.66. The number of fused-ring (bicyclic) bond motifs is 1. The second-order valence-electron chi connectivity index (χ2n) is 4.06. The summed E-state index contributed by atoms with van der Waals surface area (Å²) in [5.41, 5.74) is 1.50. The molecule has 0 radical (unpaired) electrons. The zero-order chi connectivity index (χ0) is 12.3. The van der Waals surface area contributed by atoms with Gasteiger partial charge in [0, 0.05) is 6.54 Å². The van der Waals surface area contributed by atoms with Gasteiger partial charge in [0.1, 0.15) is 11.3 Å². The highest BCUT2D eigenvalue weighted by atomic mass is 16.4. The fraction of sp³-hybridized carbons (Fsp3) is 0.364. The SMILES string of the molecule is OB(O)CCCCn1cnc2c(O)cccc21. The number of imidazole rings is 1. The van der Waals surface area contributed by atoms with Crippen molar-refractivity contribution in [2.75, 3.05) is 0 Å². The molecule has 2 rings (SSSR count). The molecule has 0 aliphatic rings. The van der Waals surface area contributed by atoms with E-state index in [9.17, 15) is 5.11 Å². The number of unbranched alkanes of at least 4 members (excludes halogenated alkanes) is 1. The van der Waals surface area contributed by atoms with E-state index in [4.69, 9.17) is 10.0 Å². The number of aromatic nitrogens is 2. The first-order valence-electron chi connectivity index (χ1n) is 5.67. The molecule has 1 aromatic carbocycles. The molecule has 0 saturated heterocycles. The number of nitrogens with zero attached hydrogens (tertiary/aromatic N) is 2. The standard InChI is InChI=1S/C11H15BN2O3/c15-10-5-3-4-9-11(10)13-8-14(9)7-2-1-6-12(16)17/h3-5,8,15-17H,1-2,6-7H2. The summed E-state index contributed by atoms with van der Waals surface area (Å²) < 4.78 is 1.96. The summed E-state index contributed by atoms with van der Waals surface area (Å²) in [6.45, 7) is 0.757. The van der Waals surface area contributed by atoms with Crippen LogP contribution in [0.2, 0.25) is 6.32 Å². The summed E-state index contributed by atoms with van der Waals surface area (Å²) in [4.78, 5) is 4.15. The first kappa shape index (κ1) is 11.9. The third kappa shape index (κ3) is 2.78. The zero-order valence-corrected chi connectivity index (χ0v) is 9.45. The van der Waals surface area contributed by atoms with Crippen molar-refractivity contribution in [2.24, 2.45) is 0 Å². The molecule has 2 aromatic rings. The molecular formula is C11H15BN2O3. The van der Waals surface area contributed by atoms with Crippen molar-refractivity contribution in [3.05, 3.63) is 24.5 Å². The number of para-hydroxylation sites is 1. The van der Waals surface area contributed by atoms with Gasteiger partial charge in [-0.15, -0.1) is 0 Å². The minimum Gasteiger partial charge on any atom is -0.506 e. The second-order valence-corrected chi connectivity index (χ2v) is 4.06. The molecule has 0 atom stereocenters. The summed E-state index contributed by atoms with van der Waals surface area (Å²) in [5.74, 6) is 0.187. The second kappa shape index (κ2) is 5.20. The molecule has 0 amide bonds. The van der Waals surface area contributed by atoms with Gasteiger partial charge in [-0.3, -0.25) is 0 Å². The van der Waals surface area contributed by atoms with Gasteiger partial charge in [-0.05, 0) is 24.9 Å². The van der Waals surface area contributed by atoms with E-state index in [0.717, 1.165) is 24.9 Å². The van der Waals surface area contributed by atoms with Crippen LogP contribution in [0.15, 0.2) is 24.5 Å². The molecule has 0 aliphatic carbocycles. The highest BCUT2D eigenvalue weighted by Crippen LogP contribution is 2.22. The molecule has 0 bridgehead atoms. The number of hydrogen-bond acceptors (Lipinski definition) is 4. The van der Waals surface area contributed by atoms with E-state index in [2.05, 4.69) is 4.98 Å². The van der Waals surface area contributed by atoms with Crippen molar-refractivity contribution in [1.82, 2.24) is 9.55 Å². The quantitative estimate of drug-likeness (QED) is 0.532. The number of rotatable bonds is 5. The van der Waals surface area contributed by atoms with Crippen LogP contribution in [-0.2, 0) is 6.54 Å². The molecule has 17 heavy (non-hydrogen) atoms. The Morgan fingerprint density at radius 3 is 2.82 bits per heavy atom. The molecule has 0 spiro atoms. The lowest BCUT2D eigenvalue weighted by molar-refractivity contribution is 0.401. The summed E-state index contributed by atoms with van der Waals surface area (Å²) in [6.07, 6.45) is 3.67. The number of aryl methyl sites for hydroxylation is 1. The van der Waals surface area contributed by atoms with Crippen molar-refractivity contribution < 1.29 is 15.2 Å². The molecule has 1 heterocycles. The van der Waals surface area contributed by atoms with Crippen molar-refractivity contribution in [3.63, 3.8) is 0 Å². The maximum absolute atomic E-state index is 9.59. The Morgan fingerprint density at radius 1 is 1.24 bits per heavy atom. The van der Waals surface area contributed by atoms with Gasteiger partial charge in [-0.1, -0.05) is 12.5 Å². The first-order chi connectivity index (χ1) is 8.18. The zero-order valence-electron chi connectivity index (χ0n) is 9.45. The van der Waals surface area contributed by atoms with Crippen LogP contribution >= 0.6 is 0 Å². The van der Waals surface area contributed by atoms with Gasteiger partial charge in [0.2, 0.25) is 0 Å². The third-order valence-corrected chi connectivity index (χ3v) is 2.74. The topological polar surface area (TPSA) is 78.5 Å². The van der Waals surface area contributed by atoms with Crippen LogP contribution in [0.5, 0.6) is 5.75 Å². The summed E-state index contributed by atoms with van der Waals surface area (Å²) >= 11 is 0. The number of benzene rings is 1. The van der Waals surface area contributed by atoms with Gasteiger partial charge in [-0.25, -0.2) is 4.98 Å². The molecule has 0 unspecified atom stereocenters. The Morgan fingerprint density at radius 2 is 2.06 bits per heavy atom. The van der Waals surface area contributed by atoms with Gasteiger partial charge < -0.3 is 19.7 Å². The average molecular weight is 234 g/mol. The fourth-order valence-corrected chi connectivity index (χ4v) is 1.86. The van der Waals surface area contributed by atoms with Crippen LogP contribution < -0.4 is 0 Å². The normalized spacial score (nSPS) is 10.9. The summed E-state index contributed by atoms with van der Waals surface area (Å²) in [5, 5.41) is 27.0. The van der Waals surface area contributed by atoms with Crippen LogP contribution in [0.25, 0.3) is 11.0 Å². The molecular weight excluding hydrogens is 219 g/mol. The molecule has 0 fully saturated rings. The highest BCUT2D eigenvalue weighted by Gasteiger charge is 2.07. The Hall–Kier alpha value is -1.53. The van der Waals surface area contributed by atoms with E-state index in [0.29, 0.717) is 11.8 Å². The number of phenols is 1. The largest absolute Gasteiger partial charge is 0.506 e. The van der Waals surface area contributed by atoms with E-state index < -0.39 is 7.12 Å². The predicted octanol–water partition coefficient (Wildman–Crippen LogP) is 0.995. The first-order valence-corrected chi connectivity index (χ1v) is 5.67. The van der Waals surface area contributed by atoms with Gasteiger partial charge >= 0.3 is 7.12 Å². The lowest BCUT2D eigenvalue weighted by Crippen LogP contribution is -2.10. The number of hydrogen-bond donors (Lipinski definition) is 3. The highest BCUT2D eigenvalue weighted by molar-refractivity contribution is 6.40. The van der Waals surface area contributed by atoms with Gasteiger partial charge in [0.15, 0.2) is 0 Å².